The van der Waals surface area contributed by atoms with E-state index in [2.05, 4.69) is 5.32 Å². The molecule has 2 heterocycles. The summed E-state index contributed by atoms with van der Waals surface area (Å²) in [5.41, 5.74) is -3.58. The summed E-state index contributed by atoms with van der Waals surface area (Å²) in [5, 5.41) is 14.0. The van der Waals surface area contributed by atoms with E-state index in [4.69, 9.17) is 21.4 Å². The van der Waals surface area contributed by atoms with Crippen molar-refractivity contribution in [2.24, 2.45) is 5.92 Å². The van der Waals surface area contributed by atoms with Crippen LogP contribution in [0.15, 0.2) is 16.5 Å². The number of alkyl halides is 3. The van der Waals surface area contributed by atoms with Crippen molar-refractivity contribution in [2.45, 2.75) is 31.8 Å². The van der Waals surface area contributed by atoms with Crippen molar-refractivity contribution in [3.05, 3.63) is 23.7 Å². The maximum absolute atomic E-state index is 13.4. The highest BCUT2D eigenvalue weighted by Gasteiger charge is 2.67. The lowest BCUT2D eigenvalue weighted by atomic mass is 9.84. The molecule has 0 unspecified atom stereocenters. The average molecular weight is 352 g/mol. The van der Waals surface area contributed by atoms with Crippen LogP contribution in [0.3, 0.4) is 0 Å². The molecular formula is C13H15F3N2O4S. The number of thiocarbonyl (C=S) groups is 1. The van der Waals surface area contributed by atoms with E-state index >= 15 is 0 Å². The summed E-state index contributed by atoms with van der Waals surface area (Å²) in [6.07, 6.45) is -5.17. The van der Waals surface area contributed by atoms with Gasteiger partial charge >= 0.3 is 12.1 Å². The second-order valence-electron chi connectivity index (χ2n) is 5.02. The van der Waals surface area contributed by atoms with Gasteiger partial charge in [-0.15, -0.1) is 0 Å². The van der Waals surface area contributed by atoms with Gasteiger partial charge in [0.25, 0.3) is 5.72 Å². The molecule has 128 valence electrons. The number of halogens is 3. The van der Waals surface area contributed by atoms with Gasteiger partial charge in [-0.25, -0.2) is 0 Å². The molecule has 0 aliphatic carbocycles. The predicted octanol–water partition coefficient (Wildman–Crippen LogP) is 1.54. The molecule has 6 nitrogen and oxygen atoms in total. The third-order valence-electron chi connectivity index (χ3n) is 3.41. The van der Waals surface area contributed by atoms with Gasteiger partial charge in [-0.05, 0) is 38.2 Å². The zero-order valence-corrected chi connectivity index (χ0v) is 13.0. The molecule has 10 heteroatoms. The second kappa shape index (κ2) is 6.00. The van der Waals surface area contributed by atoms with Gasteiger partial charge in [0.05, 0.1) is 6.61 Å². The normalized spacial score (nSPS) is 28.0. The summed E-state index contributed by atoms with van der Waals surface area (Å²) in [5.74, 6) is -2.80. The number of hydrogen-bond donors (Lipinski definition) is 3. The van der Waals surface area contributed by atoms with Gasteiger partial charge in [0, 0.05) is 0 Å². The Morgan fingerprint density at radius 1 is 1.52 bits per heavy atom. The summed E-state index contributed by atoms with van der Waals surface area (Å²) in [6, 6.07) is 1.60. The average Bonchev–Trinajstić information content (AvgIpc) is 2.83. The fourth-order valence-electron chi connectivity index (χ4n) is 2.39. The number of hydrogen-bond acceptors (Lipinski definition) is 5. The molecule has 1 aliphatic rings. The summed E-state index contributed by atoms with van der Waals surface area (Å²) in [7, 11) is 0. The Balaban J connectivity index is 2.53. The second-order valence-corrected chi connectivity index (χ2v) is 5.43. The van der Waals surface area contributed by atoms with Crippen LogP contribution < -0.4 is 10.6 Å². The first-order valence-electron chi connectivity index (χ1n) is 6.71. The molecule has 1 aromatic rings. The van der Waals surface area contributed by atoms with Crippen molar-refractivity contribution < 1.29 is 32.2 Å². The Bertz CT molecular complexity index is 619. The predicted molar refractivity (Wildman–Crippen MR) is 76.2 cm³/mol. The molecule has 0 bridgehead atoms. The number of aryl methyl sites for hydroxylation is 1. The fraction of sp³-hybridized carbons (Fsp3) is 0.538. The number of rotatable bonds is 3. The first-order chi connectivity index (χ1) is 10.6. The summed E-state index contributed by atoms with van der Waals surface area (Å²) in [4.78, 5) is 12.1. The molecule has 0 aromatic carbocycles. The van der Waals surface area contributed by atoms with Crippen LogP contribution in [0.1, 0.15) is 24.5 Å². The Labute approximate surface area is 135 Å². The minimum Gasteiger partial charge on any atom is -0.466 e. The molecule has 0 radical (unpaired) electrons. The van der Waals surface area contributed by atoms with Crippen molar-refractivity contribution in [3.63, 3.8) is 0 Å². The van der Waals surface area contributed by atoms with Crippen LogP contribution in [0.5, 0.6) is 0 Å². The lowest BCUT2D eigenvalue weighted by Gasteiger charge is -2.44. The van der Waals surface area contributed by atoms with E-state index in [-0.39, 0.29) is 12.4 Å². The molecule has 1 aliphatic heterocycles. The van der Waals surface area contributed by atoms with E-state index in [1.807, 2.05) is 0 Å². The van der Waals surface area contributed by atoms with E-state index in [0.717, 1.165) is 0 Å². The zero-order chi connectivity index (χ0) is 17.4. The number of carbonyl (C=O) groups excluding carboxylic acids is 1. The number of esters is 1. The van der Waals surface area contributed by atoms with Gasteiger partial charge < -0.3 is 24.9 Å². The molecular weight excluding hydrogens is 337 g/mol. The molecule has 0 amide bonds. The smallest absolute Gasteiger partial charge is 0.437 e. The number of aliphatic hydroxyl groups is 1. The van der Waals surface area contributed by atoms with Crippen LogP contribution in [0, 0.1) is 12.8 Å². The number of carbonyl (C=O) groups is 1. The fourth-order valence-corrected chi connectivity index (χ4v) is 2.68. The summed E-state index contributed by atoms with van der Waals surface area (Å²) in [6.45, 7) is 2.90. The number of furan rings is 1. The largest absolute Gasteiger partial charge is 0.466 e. The van der Waals surface area contributed by atoms with Gasteiger partial charge in [-0.3, -0.25) is 4.79 Å². The molecule has 3 atom stereocenters. The van der Waals surface area contributed by atoms with E-state index in [9.17, 15) is 23.1 Å². The van der Waals surface area contributed by atoms with Gasteiger partial charge in [-0.2, -0.15) is 13.2 Å². The zero-order valence-electron chi connectivity index (χ0n) is 12.2. The molecule has 23 heavy (non-hydrogen) atoms. The highest BCUT2D eigenvalue weighted by Crippen LogP contribution is 2.43. The van der Waals surface area contributed by atoms with Gasteiger partial charge in [0.2, 0.25) is 0 Å². The Hall–Kier alpha value is -1.81. The van der Waals surface area contributed by atoms with Crippen LogP contribution in [-0.4, -0.2) is 34.7 Å². The van der Waals surface area contributed by atoms with Crippen molar-refractivity contribution >= 4 is 23.3 Å². The Morgan fingerprint density at radius 2 is 2.17 bits per heavy atom. The van der Waals surface area contributed by atoms with E-state index in [0.29, 0.717) is 5.76 Å². The highest BCUT2D eigenvalue weighted by molar-refractivity contribution is 7.80. The highest BCUT2D eigenvalue weighted by atomic mass is 32.1. The van der Waals surface area contributed by atoms with Crippen molar-refractivity contribution in [1.29, 1.82) is 0 Å². The quantitative estimate of drug-likeness (QED) is 0.562. The van der Waals surface area contributed by atoms with Crippen LogP contribution in [0.2, 0.25) is 0 Å². The first-order valence-corrected chi connectivity index (χ1v) is 7.11. The van der Waals surface area contributed by atoms with Crippen LogP contribution in [-0.2, 0) is 9.53 Å². The van der Waals surface area contributed by atoms with Crippen molar-refractivity contribution in [3.8, 4) is 0 Å². The minimum atomic E-state index is -5.17. The number of nitrogens with one attached hydrogen (secondary N) is 2. The topological polar surface area (TPSA) is 83.7 Å². The standard InChI is InChI=1S/C13H15F3N2O4S/c1-3-21-10(19)8-9(7-5-4-6(2)22-7)17-11(23)18-12(8,20)13(14,15)16/h4-5,8-9,20H,3H2,1-2H3,(H2,17,18,23)/t8-,9+,12-/m1/s1. The molecule has 1 fully saturated rings. The monoisotopic (exact) mass is 352 g/mol. The third-order valence-corrected chi connectivity index (χ3v) is 3.63. The van der Waals surface area contributed by atoms with Crippen molar-refractivity contribution in [2.75, 3.05) is 6.61 Å². The van der Waals surface area contributed by atoms with Gasteiger partial charge in [0.15, 0.2) is 5.11 Å². The van der Waals surface area contributed by atoms with Gasteiger partial charge in [-0.1, -0.05) is 0 Å². The lowest BCUT2D eigenvalue weighted by Crippen LogP contribution is -2.72. The summed E-state index contributed by atoms with van der Waals surface area (Å²) >= 11 is 4.74. The summed E-state index contributed by atoms with van der Waals surface area (Å²) < 4.78 is 50.2. The third kappa shape index (κ3) is 3.13. The van der Waals surface area contributed by atoms with E-state index < -0.39 is 34.9 Å². The molecule has 3 N–H and O–H groups in total. The molecule has 1 aromatic heterocycles. The van der Waals surface area contributed by atoms with Crippen molar-refractivity contribution in [1.82, 2.24) is 10.6 Å². The molecule has 0 saturated carbocycles. The first kappa shape index (κ1) is 17.5. The maximum Gasteiger partial charge on any atom is 0.437 e. The SMILES string of the molecule is CCOC(=O)[C@H]1[C@H](c2ccc(C)o2)NC(=S)N[C@]1(O)C(F)(F)F. The van der Waals surface area contributed by atoms with Crippen LogP contribution >= 0.6 is 12.2 Å². The Kier molecular flexibility index (Phi) is 4.58. The van der Waals surface area contributed by atoms with Crippen LogP contribution in [0.25, 0.3) is 0 Å². The lowest BCUT2D eigenvalue weighted by molar-refractivity contribution is -0.292. The Morgan fingerprint density at radius 3 is 2.65 bits per heavy atom. The van der Waals surface area contributed by atoms with E-state index in [1.165, 1.54) is 19.1 Å². The molecule has 2 rings (SSSR count). The van der Waals surface area contributed by atoms with Gasteiger partial charge in [0.1, 0.15) is 23.5 Å². The van der Waals surface area contributed by atoms with E-state index in [1.54, 1.807) is 12.2 Å². The molecule has 0 spiro atoms. The minimum absolute atomic E-state index is 0.0343. The van der Waals surface area contributed by atoms with Crippen LogP contribution in [0.4, 0.5) is 13.2 Å². The number of ether oxygens (including phenoxy) is 1. The maximum atomic E-state index is 13.4. The molecule has 1 saturated heterocycles.